The van der Waals surface area contributed by atoms with Crippen LogP contribution in [-0.4, -0.2) is 70.2 Å². The van der Waals surface area contributed by atoms with E-state index in [1.807, 2.05) is 26.5 Å². The number of aryl methyl sites for hydroxylation is 1. The Morgan fingerprint density at radius 1 is 1.28 bits per heavy atom. The molecular weight excluding hydrogens is 366 g/mol. The lowest BCUT2D eigenvalue weighted by Gasteiger charge is -2.39. The number of hydrogen-bond acceptors (Lipinski definition) is 4. The van der Waals surface area contributed by atoms with Crippen LogP contribution in [0, 0.1) is 0 Å². The molecule has 0 spiro atoms. The highest BCUT2D eigenvalue weighted by Gasteiger charge is 2.38. The Kier molecular flexibility index (Phi) is 5.67. The van der Waals surface area contributed by atoms with Gasteiger partial charge in [-0.15, -0.1) is 0 Å². The maximum Gasteiger partial charge on any atom is 0.237 e. The Bertz CT molecular complexity index is 868. The predicted octanol–water partition coefficient (Wildman–Crippen LogP) is 0.779. The van der Waals surface area contributed by atoms with Gasteiger partial charge in [0.25, 0.3) is 0 Å². The predicted molar refractivity (Wildman–Crippen MR) is 110 cm³/mol. The van der Waals surface area contributed by atoms with Crippen molar-refractivity contribution >= 4 is 11.8 Å². The number of likely N-dealkylation sites (N-methyl/N-ethyl adjacent to an activating group) is 1. The van der Waals surface area contributed by atoms with Gasteiger partial charge in [-0.1, -0.05) is 24.3 Å². The maximum atomic E-state index is 12.9. The van der Waals surface area contributed by atoms with Crippen molar-refractivity contribution in [3.63, 3.8) is 0 Å². The smallest absolute Gasteiger partial charge is 0.237 e. The van der Waals surface area contributed by atoms with Crippen LogP contribution in [0.15, 0.2) is 36.7 Å². The summed E-state index contributed by atoms with van der Waals surface area (Å²) in [6, 6.07) is 8.38. The SMILES string of the molecule is CN(CCc1cnn(C)c1)C(=O)C[C@H]1C(=O)NCCN1C1Cc2ccccc2C1. The normalized spacial score (nSPS) is 19.8. The van der Waals surface area contributed by atoms with Crippen LogP contribution >= 0.6 is 0 Å². The van der Waals surface area contributed by atoms with Gasteiger partial charge in [0, 0.05) is 46.0 Å². The van der Waals surface area contributed by atoms with Crippen molar-refractivity contribution in [2.75, 3.05) is 26.7 Å². The summed E-state index contributed by atoms with van der Waals surface area (Å²) in [5, 5.41) is 7.12. The van der Waals surface area contributed by atoms with Crippen molar-refractivity contribution in [1.29, 1.82) is 0 Å². The number of carbonyl (C=O) groups excluding carboxylic acids is 2. The molecule has 7 heteroatoms. The van der Waals surface area contributed by atoms with Crippen LogP contribution in [0.25, 0.3) is 0 Å². The molecule has 1 aliphatic heterocycles. The Morgan fingerprint density at radius 3 is 2.66 bits per heavy atom. The van der Waals surface area contributed by atoms with E-state index < -0.39 is 6.04 Å². The molecule has 1 N–H and O–H groups in total. The van der Waals surface area contributed by atoms with E-state index in [0.29, 0.717) is 13.1 Å². The monoisotopic (exact) mass is 395 g/mol. The van der Waals surface area contributed by atoms with Crippen LogP contribution in [0.4, 0.5) is 0 Å². The number of carbonyl (C=O) groups is 2. The highest BCUT2D eigenvalue weighted by atomic mass is 16.2. The summed E-state index contributed by atoms with van der Waals surface area (Å²) in [6.45, 7) is 2.06. The Labute approximate surface area is 171 Å². The van der Waals surface area contributed by atoms with Crippen molar-refractivity contribution in [3.05, 3.63) is 53.3 Å². The number of benzene rings is 1. The van der Waals surface area contributed by atoms with Gasteiger partial charge in [0.1, 0.15) is 0 Å². The summed E-state index contributed by atoms with van der Waals surface area (Å²) in [4.78, 5) is 29.5. The van der Waals surface area contributed by atoms with Crippen molar-refractivity contribution in [2.45, 2.75) is 37.8 Å². The molecule has 0 unspecified atom stereocenters. The first-order valence-corrected chi connectivity index (χ1v) is 10.3. The number of fused-ring (bicyclic) bond motifs is 1. The number of nitrogens with zero attached hydrogens (tertiary/aromatic N) is 4. The minimum absolute atomic E-state index is 0.0106. The van der Waals surface area contributed by atoms with Crippen LogP contribution in [0.1, 0.15) is 23.1 Å². The maximum absolute atomic E-state index is 12.9. The van der Waals surface area contributed by atoms with E-state index in [0.717, 1.165) is 31.4 Å². The minimum Gasteiger partial charge on any atom is -0.353 e. The van der Waals surface area contributed by atoms with Gasteiger partial charge < -0.3 is 10.2 Å². The average molecular weight is 396 g/mol. The molecule has 4 rings (SSSR count). The fraction of sp³-hybridized carbons (Fsp3) is 0.500. The number of rotatable bonds is 6. The van der Waals surface area contributed by atoms with Gasteiger partial charge in [0.2, 0.25) is 11.8 Å². The van der Waals surface area contributed by atoms with E-state index in [9.17, 15) is 9.59 Å². The molecule has 154 valence electrons. The molecule has 0 saturated carbocycles. The molecular formula is C22H29N5O2. The second-order valence-electron chi connectivity index (χ2n) is 8.17. The lowest BCUT2D eigenvalue weighted by molar-refractivity contribution is -0.139. The summed E-state index contributed by atoms with van der Waals surface area (Å²) in [5.74, 6) is -0.0160. The molecule has 0 radical (unpaired) electrons. The second kappa shape index (κ2) is 8.37. The van der Waals surface area contributed by atoms with E-state index in [1.54, 1.807) is 9.58 Å². The zero-order valence-corrected chi connectivity index (χ0v) is 17.2. The molecule has 2 heterocycles. The van der Waals surface area contributed by atoms with Gasteiger partial charge in [-0.25, -0.2) is 0 Å². The third-order valence-electron chi connectivity index (χ3n) is 6.16. The van der Waals surface area contributed by atoms with Crippen LogP contribution in [0.5, 0.6) is 0 Å². The Hall–Kier alpha value is -2.67. The van der Waals surface area contributed by atoms with Crippen LogP contribution in [-0.2, 0) is 35.9 Å². The molecule has 1 aromatic carbocycles. The molecule has 2 aliphatic rings. The minimum atomic E-state index is -0.392. The summed E-state index contributed by atoms with van der Waals surface area (Å²) < 4.78 is 1.76. The van der Waals surface area contributed by atoms with E-state index in [1.165, 1.54) is 11.1 Å². The first-order chi connectivity index (χ1) is 14.0. The average Bonchev–Trinajstić information content (AvgIpc) is 3.33. The number of piperazine rings is 1. The molecule has 29 heavy (non-hydrogen) atoms. The second-order valence-corrected chi connectivity index (χ2v) is 8.17. The van der Waals surface area contributed by atoms with Gasteiger partial charge >= 0.3 is 0 Å². The van der Waals surface area contributed by atoms with Gasteiger partial charge in [-0.3, -0.25) is 19.2 Å². The van der Waals surface area contributed by atoms with Crippen molar-refractivity contribution in [2.24, 2.45) is 7.05 Å². The zero-order valence-electron chi connectivity index (χ0n) is 17.2. The van der Waals surface area contributed by atoms with Crippen molar-refractivity contribution in [3.8, 4) is 0 Å². The van der Waals surface area contributed by atoms with Crippen LogP contribution in [0.3, 0.4) is 0 Å². The third-order valence-corrected chi connectivity index (χ3v) is 6.16. The van der Waals surface area contributed by atoms with Crippen molar-refractivity contribution in [1.82, 2.24) is 24.9 Å². The molecule has 1 saturated heterocycles. The molecule has 1 atom stereocenters. The number of aromatic nitrogens is 2. The third kappa shape index (κ3) is 4.34. The standard InChI is InChI=1S/C22H29N5O2/c1-25(9-7-16-14-24-26(2)15-16)21(28)13-20-22(29)23-8-10-27(20)19-11-17-5-3-4-6-18(17)12-19/h3-6,14-15,19-20H,7-13H2,1-2H3,(H,23,29)/t20-/m0/s1. The van der Waals surface area contributed by atoms with Gasteiger partial charge in [0.05, 0.1) is 18.7 Å². The van der Waals surface area contributed by atoms with E-state index >= 15 is 0 Å². The summed E-state index contributed by atoms with van der Waals surface area (Å²) in [6.07, 6.45) is 6.67. The molecule has 1 aliphatic carbocycles. The quantitative estimate of drug-likeness (QED) is 0.785. The van der Waals surface area contributed by atoms with Crippen LogP contribution < -0.4 is 5.32 Å². The molecule has 2 aromatic rings. The van der Waals surface area contributed by atoms with E-state index in [2.05, 4.69) is 39.6 Å². The fourth-order valence-electron chi connectivity index (χ4n) is 4.49. The molecule has 1 aromatic heterocycles. The van der Waals surface area contributed by atoms with Gasteiger partial charge in [-0.05, 0) is 36.0 Å². The lowest BCUT2D eigenvalue weighted by atomic mass is 10.0. The first-order valence-electron chi connectivity index (χ1n) is 10.3. The fourth-order valence-corrected chi connectivity index (χ4v) is 4.49. The van der Waals surface area contributed by atoms with Gasteiger partial charge in [-0.2, -0.15) is 5.10 Å². The Balaban J connectivity index is 1.38. The first kappa shape index (κ1) is 19.6. The largest absolute Gasteiger partial charge is 0.353 e. The van der Waals surface area contributed by atoms with Crippen LogP contribution in [0.2, 0.25) is 0 Å². The van der Waals surface area contributed by atoms with Gasteiger partial charge in [0.15, 0.2) is 0 Å². The highest BCUT2D eigenvalue weighted by molar-refractivity contribution is 5.88. The number of hydrogen-bond donors (Lipinski definition) is 1. The molecule has 2 amide bonds. The van der Waals surface area contributed by atoms with E-state index in [-0.39, 0.29) is 24.3 Å². The summed E-state index contributed by atoms with van der Waals surface area (Å²) in [5.41, 5.74) is 3.83. The number of amides is 2. The lowest BCUT2D eigenvalue weighted by Crippen LogP contribution is -2.59. The number of nitrogens with one attached hydrogen (secondary N) is 1. The summed E-state index contributed by atoms with van der Waals surface area (Å²) >= 11 is 0. The highest BCUT2D eigenvalue weighted by Crippen LogP contribution is 2.28. The zero-order chi connectivity index (χ0) is 20.4. The van der Waals surface area contributed by atoms with E-state index in [4.69, 9.17) is 0 Å². The Morgan fingerprint density at radius 2 is 2.00 bits per heavy atom. The molecule has 0 bridgehead atoms. The molecule has 7 nitrogen and oxygen atoms in total. The topological polar surface area (TPSA) is 70.5 Å². The van der Waals surface area contributed by atoms with Crippen molar-refractivity contribution < 1.29 is 9.59 Å². The molecule has 1 fully saturated rings. The summed E-state index contributed by atoms with van der Waals surface area (Å²) in [7, 11) is 3.70.